The molecule has 19 heavy (non-hydrogen) atoms. The maximum Gasteiger partial charge on any atom is 0.354 e. The summed E-state index contributed by atoms with van der Waals surface area (Å²) in [6.45, 7) is 0. The lowest BCUT2D eigenvalue weighted by Gasteiger charge is -1.92. The highest BCUT2D eigenvalue weighted by atomic mass is 16.4. The molecule has 10 nitrogen and oxygen atoms in total. The number of aromatic carboxylic acids is 1. The van der Waals surface area contributed by atoms with Gasteiger partial charge in [-0.25, -0.2) is 14.8 Å². The van der Waals surface area contributed by atoms with Crippen LogP contribution in [0, 0.1) is 0 Å². The van der Waals surface area contributed by atoms with Crippen LogP contribution in [0.1, 0.15) is 10.5 Å². The minimum atomic E-state index is -1.19. The van der Waals surface area contributed by atoms with E-state index in [1.807, 2.05) is 0 Å². The predicted octanol–water partition coefficient (Wildman–Crippen LogP) is -0.683. The molecule has 0 aliphatic rings. The Bertz CT molecular complexity index is 843. The first-order valence-electron chi connectivity index (χ1n) is 5.09. The van der Waals surface area contributed by atoms with Gasteiger partial charge in [-0.15, -0.1) is 0 Å². The Morgan fingerprint density at radius 2 is 2.11 bits per heavy atom. The molecule has 0 aromatic carbocycles. The lowest BCUT2D eigenvalue weighted by atomic mass is 10.3. The number of nitrogens with zero attached hydrogens (tertiary/aromatic N) is 3. The van der Waals surface area contributed by atoms with Gasteiger partial charge in [0.05, 0.1) is 6.33 Å². The van der Waals surface area contributed by atoms with Crippen LogP contribution in [0.15, 0.2) is 11.1 Å². The van der Waals surface area contributed by atoms with Crippen LogP contribution in [-0.4, -0.2) is 41.0 Å². The molecule has 0 unspecified atom stereocenters. The van der Waals surface area contributed by atoms with Crippen molar-refractivity contribution in [3.05, 3.63) is 22.4 Å². The van der Waals surface area contributed by atoms with E-state index in [-0.39, 0.29) is 34.3 Å². The van der Waals surface area contributed by atoms with Gasteiger partial charge in [0.25, 0.3) is 5.56 Å². The summed E-state index contributed by atoms with van der Waals surface area (Å²) in [6, 6.07) is 0. The monoisotopic (exact) mass is 261 g/mol. The van der Waals surface area contributed by atoms with Gasteiger partial charge >= 0.3 is 5.97 Å². The molecule has 3 rings (SSSR count). The van der Waals surface area contributed by atoms with Crippen molar-refractivity contribution in [2.24, 2.45) is 0 Å². The summed E-state index contributed by atoms with van der Waals surface area (Å²) >= 11 is 0. The fourth-order valence-electron chi connectivity index (χ4n) is 1.67. The number of nitrogens with two attached hydrogens (primary N) is 1. The van der Waals surface area contributed by atoms with Crippen molar-refractivity contribution in [3.63, 3.8) is 0 Å². The van der Waals surface area contributed by atoms with E-state index < -0.39 is 11.5 Å². The lowest BCUT2D eigenvalue weighted by Crippen LogP contribution is -2.10. The summed E-state index contributed by atoms with van der Waals surface area (Å²) in [6.07, 6.45) is 1.22. The van der Waals surface area contributed by atoms with Crippen molar-refractivity contribution >= 4 is 23.1 Å². The molecule has 0 amide bonds. The van der Waals surface area contributed by atoms with Crippen LogP contribution in [0.25, 0.3) is 22.7 Å². The number of carboxylic acid groups (broad SMARTS) is 1. The molecule has 3 heterocycles. The fraction of sp³-hybridized carbons (Fsp3) is 0. The highest BCUT2D eigenvalue weighted by Crippen LogP contribution is 2.18. The quantitative estimate of drug-likeness (QED) is 0.407. The van der Waals surface area contributed by atoms with Crippen molar-refractivity contribution in [1.82, 2.24) is 29.9 Å². The molecule has 3 aromatic rings. The number of hydrogen-bond donors (Lipinski definition) is 5. The zero-order valence-electron chi connectivity index (χ0n) is 9.26. The van der Waals surface area contributed by atoms with E-state index in [1.54, 1.807) is 0 Å². The molecule has 0 spiro atoms. The molecule has 6 N–H and O–H groups in total. The van der Waals surface area contributed by atoms with Gasteiger partial charge in [0.15, 0.2) is 22.7 Å². The van der Waals surface area contributed by atoms with E-state index >= 15 is 0 Å². The molecular formula is C9H7N7O3. The SMILES string of the molecule is Nc1nc2nc(-c3nc[nH]c3C(=O)O)[nH]c2c(=O)[nH]1. The number of aromatic nitrogens is 6. The Morgan fingerprint density at radius 3 is 2.84 bits per heavy atom. The average Bonchev–Trinajstić information content (AvgIpc) is 2.92. The Kier molecular flexibility index (Phi) is 2.11. The number of nitrogens with one attached hydrogen (secondary N) is 3. The number of anilines is 1. The number of imidazole rings is 2. The standard InChI is InChI=1S/C9H7N7O3/c10-9-15-6-4(7(17)16-9)13-5(14-6)2-3(8(18)19)12-1-11-2/h1H,(H,11,12)(H,18,19)(H4,10,13,14,15,16,17). The van der Waals surface area contributed by atoms with Crippen LogP contribution in [0.3, 0.4) is 0 Å². The number of fused-ring (bicyclic) bond motifs is 1. The Hall–Kier alpha value is -3.17. The van der Waals surface area contributed by atoms with Gasteiger partial charge in [0.2, 0.25) is 5.95 Å². The van der Waals surface area contributed by atoms with Gasteiger partial charge in [0, 0.05) is 0 Å². The second kappa shape index (κ2) is 3.66. The molecule has 0 radical (unpaired) electrons. The zero-order chi connectivity index (χ0) is 13.6. The molecule has 0 saturated carbocycles. The number of carbonyl (C=O) groups is 1. The van der Waals surface area contributed by atoms with Crippen molar-refractivity contribution in [1.29, 1.82) is 0 Å². The van der Waals surface area contributed by atoms with Gasteiger partial charge < -0.3 is 20.8 Å². The molecule has 0 aliphatic carbocycles. The summed E-state index contributed by atoms with van der Waals surface area (Å²) < 4.78 is 0. The van der Waals surface area contributed by atoms with Crippen molar-refractivity contribution in [2.75, 3.05) is 5.73 Å². The Balaban J connectivity index is 2.27. The first-order valence-corrected chi connectivity index (χ1v) is 5.09. The largest absolute Gasteiger partial charge is 0.477 e. The van der Waals surface area contributed by atoms with E-state index in [4.69, 9.17) is 10.8 Å². The number of nitrogen functional groups attached to an aromatic ring is 1. The predicted molar refractivity (Wildman–Crippen MR) is 63.5 cm³/mol. The minimum Gasteiger partial charge on any atom is -0.477 e. The maximum atomic E-state index is 11.6. The van der Waals surface area contributed by atoms with Crippen molar-refractivity contribution < 1.29 is 9.90 Å². The van der Waals surface area contributed by atoms with Crippen LogP contribution < -0.4 is 11.3 Å². The van der Waals surface area contributed by atoms with E-state index in [0.29, 0.717) is 0 Å². The summed E-state index contributed by atoms with van der Waals surface area (Å²) in [5, 5.41) is 8.97. The third-order valence-corrected chi connectivity index (χ3v) is 2.46. The average molecular weight is 261 g/mol. The zero-order valence-corrected chi connectivity index (χ0v) is 9.26. The minimum absolute atomic E-state index is 0.0731. The number of aromatic amines is 3. The van der Waals surface area contributed by atoms with Crippen LogP contribution in [0.2, 0.25) is 0 Å². The topological polar surface area (TPSA) is 166 Å². The van der Waals surface area contributed by atoms with E-state index in [2.05, 4.69) is 29.9 Å². The van der Waals surface area contributed by atoms with Gasteiger partial charge in [-0.05, 0) is 0 Å². The number of H-pyrrole nitrogens is 3. The maximum absolute atomic E-state index is 11.6. The van der Waals surface area contributed by atoms with Gasteiger partial charge in [0.1, 0.15) is 5.69 Å². The van der Waals surface area contributed by atoms with Crippen LogP contribution >= 0.6 is 0 Å². The molecule has 0 bridgehead atoms. The van der Waals surface area contributed by atoms with Crippen LogP contribution in [0.4, 0.5) is 5.95 Å². The Labute approximate surface area is 103 Å². The number of rotatable bonds is 2. The first-order chi connectivity index (χ1) is 9.06. The summed E-state index contributed by atoms with van der Waals surface area (Å²) in [7, 11) is 0. The number of hydrogen-bond acceptors (Lipinski definition) is 6. The number of carboxylic acids is 1. The van der Waals surface area contributed by atoms with Gasteiger partial charge in [-0.1, -0.05) is 0 Å². The summed E-state index contributed by atoms with van der Waals surface area (Å²) in [5.74, 6) is -1.14. The molecule has 0 fully saturated rings. The van der Waals surface area contributed by atoms with Gasteiger partial charge in [-0.2, -0.15) is 4.98 Å². The van der Waals surface area contributed by atoms with Crippen molar-refractivity contribution in [3.8, 4) is 11.5 Å². The molecule has 0 saturated heterocycles. The second-order valence-corrected chi connectivity index (χ2v) is 3.67. The lowest BCUT2D eigenvalue weighted by molar-refractivity contribution is 0.0692. The molecule has 96 valence electrons. The van der Waals surface area contributed by atoms with E-state index in [0.717, 1.165) is 0 Å². The summed E-state index contributed by atoms with van der Waals surface area (Å²) in [4.78, 5) is 41.7. The summed E-state index contributed by atoms with van der Waals surface area (Å²) in [5.41, 5.74) is 5.05. The molecule has 0 aliphatic heterocycles. The highest BCUT2D eigenvalue weighted by Gasteiger charge is 2.19. The van der Waals surface area contributed by atoms with Gasteiger partial charge in [-0.3, -0.25) is 9.78 Å². The third-order valence-electron chi connectivity index (χ3n) is 2.46. The smallest absolute Gasteiger partial charge is 0.354 e. The van der Waals surface area contributed by atoms with Crippen LogP contribution in [0.5, 0.6) is 0 Å². The fourth-order valence-corrected chi connectivity index (χ4v) is 1.67. The molecule has 0 atom stereocenters. The second-order valence-electron chi connectivity index (χ2n) is 3.67. The van der Waals surface area contributed by atoms with E-state index in [9.17, 15) is 9.59 Å². The first kappa shape index (κ1) is 11.0. The van der Waals surface area contributed by atoms with Crippen molar-refractivity contribution in [2.45, 2.75) is 0 Å². The van der Waals surface area contributed by atoms with Crippen LogP contribution in [-0.2, 0) is 0 Å². The third kappa shape index (κ3) is 1.62. The normalized spacial score (nSPS) is 10.9. The molecule has 3 aromatic heterocycles. The Morgan fingerprint density at radius 1 is 1.32 bits per heavy atom. The highest BCUT2D eigenvalue weighted by molar-refractivity contribution is 5.92. The molecule has 10 heteroatoms. The molecular weight excluding hydrogens is 254 g/mol. The van der Waals surface area contributed by atoms with E-state index in [1.165, 1.54) is 6.33 Å².